The van der Waals surface area contributed by atoms with E-state index in [2.05, 4.69) is 5.43 Å². The average molecular weight is 388 g/mol. The zero-order valence-electron chi connectivity index (χ0n) is 15.3. The van der Waals surface area contributed by atoms with Gasteiger partial charge in [0.1, 0.15) is 23.7 Å². The lowest BCUT2D eigenvalue weighted by Gasteiger charge is -2.13. The number of ether oxygens (including phenoxy) is 1. The van der Waals surface area contributed by atoms with Crippen LogP contribution < -0.4 is 15.2 Å². The number of nitrogens with one attached hydrogen (secondary N) is 1. The Morgan fingerprint density at radius 3 is 2.28 bits per heavy atom. The van der Waals surface area contributed by atoms with Gasteiger partial charge >= 0.3 is 0 Å². The van der Waals surface area contributed by atoms with Crippen molar-refractivity contribution in [1.82, 2.24) is 5.43 Å². The molecule has 1 N–H and O–H groups in total. The summed E-state index contributed by atoms with van der Waals surface area (Å²) >= 11 is 0. The summed E-state index contributed by atoms with van der Waals surface area (Å²) in [6.07, 6.45) is 1.55. The van der Waals surface area contributed by atoms with E-state index >= 15 is 0 Å². The molecule has 1 saturated heterocycles. The number of nitrogens with zero attached hydrogens (tertiary/aromatic N) is 1. The lowest BCUT2D eigenvalue weighted by molar-refractivity contribution is -0.117. The normalized spacial score (nSPS) is 14.9. The van der Waals surface area contributed by atoms with E-state index in [1.807, 2.05) is 6.07 Å². The van der Waals surface area contributed by atoms with Crippen molar-refractivity contribution in [1.29, 1.82) is 0 Å². The molecule has 144 valence electrons. The summed E-state index contributed by atoms with van der Waals surface area (Å²) in [5.41, 5.74) is 4.78. The Bertz CT molecular complexity index is 1060. The van der Waals surface area contributed by atoms with Crippen molar-refractivity contribution >= 4 is 23.6 Å². The maximum absolute atomic E-state index is 12.9. The molecule has 3 aromatic rings. The molecule has 0 saturated carbocycles. The fourth-order valence-corrected chi connectivity index (χ4v) is 2.89. The van der Waals surface area contributed by atoms with Crippen LogP contribution in [-0.4, -0.2) is 11.8 Å². The minimum atomic E-state index is -0.449. The number of para-hydroxylation sites is 1. The van der Waals surface area contributed by atoms with Crippen molar-refractivity contribution in [3.63, 3.8) is 0 Å². The van der Waals surface area contributed by atoms with E-state index in [9.17, 15) is 14.0 Å². The quantitative estimate of drug-likeness (QED) is 0.533. The minimum Gasteiger partial charge on any atom is -0.489 e. The van der Waals surface area contributed by atoms with E-state index in [1.54, 1.807) is 66.7 Å². The molecule has 3 aromatic carbocycles. The number of carbonyl (C=O) groups is 2. The molecule has 0 bridgehead atoms. The molecule has 0 spiro atoms. The van der Waals surface area contributed by atoms with E-state index < -0.39 is 11.8 Å². The van der Waals surface area contributed by atoms with Gasteiger partial charge < -0.3 is 4.74 Å². The van der Waals surface area contributed by atoms with Gasteiger partial charge in [0.05, 0.1) is 5.69 Å². The van der Waals surface area contributed by atoms with Crippen molar-refractivity contribution in [2.45, 2.75) is 6.61 Å². The first-order chi connectivity index (χ1) is 14.1. The number of hydrogen-bond donors (Lipinski definition) is 1. The second-order valence-electron chi connectivity index (χ2n) is 6.46. The fraction of sp³-hybridized carbons (Fsp3) is 0.0435. The number of hydrogen-bond acceptors (Lipinski definition) is 3. The highest BCUT2D eigenvalue weighted by Gasteiger charge is 2.34. The van der Waals surface area contributed by atoms with Crippen LogP contribution >= 0.6 is 0 Å². The lowest BCUT2D eigenvalue weighted by Crippen LogP contribution is -2.35. The molecule has 1 aliphatic heterocycles. The highest BCUT2D eigenvalue weighted by Crippen LogP contribution is 2.22. The van der Waals surface area contributed by atoms with Crippen LogP contribution in [0.15, 0.2) is 84.4 Å². The molecular formula is C23H17FN2O3. The van der Waals surface area contributed by atoms with Gasteiger partial charge in [0.2, 0.25) is 0 Å². The van der Waals surface area contributed by atoms with E-state index in [1.165, 1.54) is 17.1 Å². The van der Waals surface area contributed by atoms with Gasteiger partial charge in [-0.3, -0.25) is 15.0 Å². The standard InChI is InChI=1S/C23H17FN2O3/c24-18-10-6-17(7-11-18)15-29-20-12-8-16(9-13-20)14-21-22(27)25-26(23(21)28)19-4-2-1-3-5-19/h1-14H,15H2,(H,25,27)/b21-14-. The Kier molecular flexibility index (Phi) is 5.07. The van der Waals surface area contributed by atoms with Gasteiger partial charge in [-0.15, -0.1) is 0 Å². The van der Waals surface area contributed by atoms with Crippen molar-refractivity contribution in [3.05, 3.63) is 101 Å². The fourth-order valence-electron chi connectivity index (χ4n) is 2.89. The van der Waals surface area contributed by atoms with Crippen molar-refractivity contribution < 1.29 is 18.7 Å². The third kappa shape index (κ3) is 4.16. The van der Waals surface area contributed by atoms with Crippen LogP contribution in [0.2, 0.25) is 0 Å². The summed E-state index contributed by atoms with van der Waals surface area (Å²) in [5.74, 6) is -0.514. The predicted molar refractivity (Wildman–Crippen MR) is 107 cm³/mol. The second kappa shape index (κ2) is 7.98. The number of carbonyl (C=O) groups excluding carboxylic acids is 2. The van der Waals surface area contributed by atoms with Gasteiger partial charge in [0, 0.05) is 0 Å². The highest BCUT2D eigenvalue weighted by atomic mass is 19.1. The molecule has 29 heavy (non-hydrogen) atoms. The monoisotopic (exact) mass is 388 g/mol. The Morgan fingerprint density at radius 2 is 1.59 bits per heavy atom. The van der Waals surface area contributed by atoms with E-state index in [-0.39, 0.29) is 11.4 Å². The van der Waals surface area contributed by atoms with Crippen LogP contribution in [0.3, 0.4) is 0 Å². The van der Waals surface area contributed by atoms with E-state index in [0.29, 0.717) is 23.6 Å². The SMILES string of the molecule is O=C1NN(c2ccccc2)C(=O)/C1=C\c1ccc(OCc2ccc(F)cc2)cc1. The van der Waals surface area contributed by atoms with Gasteiger partial charge in [-0.05, 0) is 53.6 Å². The van der Waals surface area contributed by atoms with Gasteiger partial charge in [0.25, 0.3) is 11.8 Å². The van der Waals surface area contributed by atoms with Crippen LogP contribution in [-0.2, 0) is 16.2 Å². The van der Waals surface area contributed by atoms with Crippen molar-refractivity contribution in [2.24, 2.45) is 0 Å². The number of amides is 2. The second-order valence-corrected chi connectivity index (χ2v) is 6.46. The highest BCUT2D eigenvalue weighted by molar-refractivity contribution is 6.31. The van der Waals surface area contributed by atoms with E-state index in [4.69, 9.17) is 4.74 Å². The maximum Gasteiger partial charge on any atom is 0.282 e. The molecule has 0 aliphatic carbocycles. The van der Waals surface area contributed by atoms with Gasteiger partial charge in [-0.2, -0.15) is 0 Å². The molecule has 1 aliphatic rings. The molecule has 0 radical (unpaired) electrons. The molecule has 0 unspecified atom stereocenters. The van der Waals surface area contributed by atoms with Crippen molar-refractivity contribution in [2.75, 3.05) is 5.01 Å². The largest absolute Gasteiger partial charge is 0.489 e. The zero-order valence-corrected chi connectivity index (χ0v) is 15.3. The van der Waals surface area contributed by atoms with Crippen LogP contribution in [0.4, 0.5) is 10.1 Å². The summed E-state index contributed by atoms with van der Waals surface area (Å²) in [5, 5.41) is 1.23. The number of hydrazine groups is 1. The van der Waals surface area contributed by atoms with Crippen LogP contribution in [0, 0.1) is 5.82 Å². The Balaban J connectivity index is 1.45. The summed E-state index contributed by atoms with van der Waals surface area (Å²) in [4.78, 5) is 24.8. The first-order valence-corrected chi connectivity index (χ1v) is 9.00. The van der Waals surface area contributed by atoms with E-state index in [0.717, 1.165) is 5.56 Å². The molecule has 1 fully saturated rings. The number of anilines is 1. The molecule has 0 atom stereocenters. The molecule has 4 rings (SSSR count). The Labute approximate surface area is 167 Å². The summed E-state index contributed by atoms with van der Waals surface area (Å²) in [6, 6.07) is 22.0. The van der Waals surface area contributed by atoms with Crippen LogP contribution in [0.1, 0.15) is 11.1 Å². The average Bonchev–Trinajstić information content (AvgIpc) is 3.03. The van der Waals surface area contributed by atoms with Crippen LogP contribution in [0.5, 0.6) is 5.75 Å². The minimum absolute atomic E-state index is 0.0637. The predicted octanol–water partition coefficient (Wildman–Crippen LogP) is 3.87. The first kappa shape index (κ1) is 18.4. The first-order valence-electron chi connectivity index (χ1n) is 9.00. The molecular weight excluding hydrogens is 371 g/mol. The Morgan fingerprint density at radius 1 is 0.897 bits per heavy atom. The number of rotatable bonds is 5. The lowest BCUT2D eigenvalue weighted by atomic mass is 10.1. The smallest absolute Gasteiger partial charge is 0.282 e. The molecule has 6 heteroatoms. The third-order valence-electron chi connectivity index (χ3n) is 4.42. The maximum atomic E-state index is 12.9. The summed E-state index contributed by atoms with van der Waals surface area (Å²) in [6.45, 7) is 0.313. The van der Waals surface area contributed by atoms with Gasteiger partial charge in [0.15, 0.2) is 0 Å². The number of halogens is 1. The summed E-state index contributed by atoms with van der Waals surface area (Å²) < 4.78 is 18.6. The topological polar surface area (TPSA) is 58.6 Å². The number of benzene rings is 3. The third-order valence-corrected chi connectivity index (χ3v) is 4.42. The van der Waals surface area contributed by atoms with Gasteiger partial charge in [-0.1, -0.05) is 42.5 Å². The molecule has 1 heterocycles. The Hall–Kier alpha value is -3.93. The molecule has 2 amide bonds. The molecule has 5 nitrogen and oxygen atoms in total. The molecule has 0 aromatic heterocycles. The summed E-state index contributed by atoms with van der Waals surface area (Å²) in [7, 11) is 0. The zero-order chi connectivity index (χ0) is 20.2. The van der Waals surface area contributed by atoms with Gasteiger partial charge in [-0.25, -0.2) is 9.40 Å². The van der Waals surface area contributed by atoms with Crippen LogP contribution in [0.25, 0.3) is 6.08 Å². The van der Waals surface area contributed by atoms with Crippen molar-refractivity contribution in [3.8, 4) is 5.75 Å².